The van der Waals surface area contributed by atoms with Crippen molar-refractivity contribution in [3.63, 3.8) is 0 Å². The highest BCUT2D eigenvalue weighted by molar-refractivity contribution is 7.99. The molecule has 3 aromatic rings. The number of ether oxygens (including phenoxy) is 1. The van der Waals surface area contributed by atoms with Gasteiger partial charge in [0, 0.05) is 21.8 Å². The van der Waals surface area contributed by atoms with E-state index < -0.39 is 0 Å². The summed E-state index contributed by atoms with van der Waals surface area (Å²) in [5.41, 5.74) is 1.75. The first-order valence-corrected chi connectivity index (χ1v) is 9.91. The van der Waals surface area contributed by atoms with Crippen molar-refractivity contribution in [3.8, 4) is 5.75 Å². The van der Waals surface area contributed by atoms with Gasteiger partial charge in [-0.25, -0.2) is 0 Å². The van der Waals surface area contributed by atoms with Crippen LogP contribution in [-0.4, -0.2) is 24.0 Å². The van der Waals surface area contributed by atoms with Crippen LogP contribution in [0.15, 0.2) is 60.7 Å². The van der Waals surface area contributed by atoms with Gasteiger partial charge in [0.1, 0.15) is 5.75 Å². The Labute approximate surface area is 162 Å². The molecule has 0 saturated heterocycles. The second-order valence-electron chi connectivity index (χ2n) is 5.89. The van der Waals surface area contributed by atoms with E-state index in [-0.39, 0.29) is 5.91 Å². The van der Waals surface area contributed by atoms with Crippen LogP contribution < -0.4 is 10.1 Å². The number of anilines is 1. The lowest BCUT2D eigenvalue weighted by Crippen LogP contribution is -2.15. The highest BCUT2D eigenvalue weighted by Gasteiger charge is 2.06. The number of hydrogen-bond acceptors (Lipinski definition) is 3. The number of halogens is 1. The number of hydrogen-bond donors (Lipinski definition) is 1. The fraction of sp³-hybridized carbons (Fsp3) is 0.190. The maximum atomic E-state index is 12.1. The molecule has 5 heteroatoms. The summed E-state index contributed by atoms with van der Waals surface area (Å²) in [6.45, 7) is 2.48. The SMILES string of the molecule is Cc1cc(Cl)ccc1NC(=O)CSCCOc1cccc2ccccc12. The number of nitrogens with one attached hydrogen (secondary N) is 1. The second-order valence-corrected chi connectivity index (χ2v) is 7.43. The van der Waals surface area contributed by atoms with E-state index in [2.05, 4.69) is 23.5 Å². The van der Waals surface area contributed by atoms with Gasteiger partial charge in [-0.05, 0) is 42.1 Å². The highest BCUT2D eigenvalue weighted by Crippen LogP contribution is 2.25. The number of benzene rings is 3. The van der Waals surface area contributed by atoms with Gasteiger partial charge >= 0.3 is 0 Å². The molecule has 0 saturated carbocycles. The Bertz CT molecular complexity index is 908. The standard InChI is InChI=1S/C21H20ClNO2S/c1-15-13-17(22)9-10-19(15)23-21(24)14-26-12-11-25-20-8-4-6-16-5-2-3-7-18(16)20/h2-10,13H,11-12,14H2,1H3,(H,23,24). The quantitative estimate of drug-likeness (QED) is 0.541. The van der Waals surface area contributed by atoms with Crippen molar-refractivity contribution in [1.29, 1.82) is 0 Å². The molecule has 0 radical (unpaired) electrons. The molecular formula is C21H20ClNO2S. The van der Waals surface area contributed by atoms with Gasteiger partial charge in [0.25, 0.3) is 0 Å². The highest BCUT2D eigenvalue weighted by atomic mass is 35.5. The van der Waals surface area contributed by atoms with E-state index in [1.807, 2.05) is 43.3 Å². The number of aryl methyl sites for hydroxylation is 1. The molecule has 26 heavy (non-hydrogen) atoms. The fourth-order valence-corrected chi connectivity index (χ4v) is 3.48. The maximum absolute atomic E-state index is 12.1. The molecule has 1 N–H and O–H groups in total. The van der Waals surface area contributed by atoms with Crippen molar-refractivity contribution in [2.75, 3.05) is 23.4 Å². The molecule has 0 aliphatic heterocycles. The lowest BCUT2D eigenvalue weighted by molar-refractivity contribution is -0.113. The zero-order valence-corrected chi connectivity index (χ0v) is 16.1. The maximum Gasteiger partial charge on any atom is 0.234 e. The zero-order valence-electron chi connectivity index (χ0n) is 14.5. The summed E-state index contributed by atoms with van der Waals surface area (Å²) < 4.78 is 5.88. The molecule has 0 bridgehead atoms. The first-order chi connectivity index (χ1) is 12.6. The van der Waals surface area contributed by atoms with Gasteiger partial charge in [-0.3, -0.25) is 4.79 Å². The summed E-state index contributed by atoms with van der Waals surface area (Å²) in [6.07, 6.45) is 0. The van der Waals surface area contributed by atoms with E-state index in [4.69, 9.17) is 16.3 Å². The summed E-state index contributed by atoms with van der Waals surface area (Å²) >= 11 is 7.48. The van der Waals surface area contributed by atoms with Crippen LogP contribution in [0.5, 0.6) is 5.75 Å². The van der Waals surface area contributed by atoms with Gasteiger partial charge in [0.05, 0.1) is 12.4 Å². The van der Waals surface area contributed by atoms with Crippen molar-refractivity contribution in [1.82, 2.24) is 0 Å². The molecule has 0 aliphatic carbocycles. The van der Waals surface area contributed by atoms with Gasteiger partial charge in [-0.1, -0.05) is 48.0 Å². The molecule has 0 aromatic heterocycles. The molecule has 0 aliphatic rings. The van der Waals surface area contributed by atoms with Crippen LogP contribution in [0, 0.1) is 6.92 Å². The van der Waals surface area contributed by atoms with Crippen LogP contribution in [0.2, 0.25) is 5.02 Å². The van der Waals surface area contributed by atoms with E-state index in [0.29, 0.717) is 17.4 Å². The topological polar surface area (TPSA) is 38.3 Å². The Morgan fingerprint density at radius 3 is 2.77 bits per heavy atom. The number of fused-ring (bicyclic) bond motifs is 1. The predicted molar refractivity (Wildman–Crippen MR) is 112 cm³/mol. The van der Waals surface area contributed by atoms with Gasteiger partial charge in [0.15, 0.2) is 0 Å². The molecule has 0 atom stereocenters. The number of amides is 1. The average Bonchev–Trinajstić information content (AvgIpc) is 2.64. The van der Waals surface area contributed by atoms with Crippen LogP contribution >= 0.6 is 23.4 Å². The summed E-state index contributed by atoms with van der Waals surface area (Å²) in [7, 11) is 0. The minimum atomic E-state index is -0.0226. The Morgan fingerprint density at radius 1 is 1.12 bits per heavy atom. The van der Waals surface area contributed by atoms with E-state index in [9.17, 15) is 4.79 Å². The minimum Gasteiger partial charge on any atom is -0.492 e. The summed E-state index contributed by atoms with van der Waals surface area (Å²) in [5.74, 6) is 1.99. The Balaban J connectivity index is 1.43. The largest absolute Gasteiger partial charge is 0.492 e. The van der Waals surface area contributed by atoms with Crippen LogP contribution in [0.1, 0.15) is 5.56 Å². The van der Waals surface area contributed by atoms with Crippen molar-refractivity contribution in [3.05, 3.63) is 71.2 Å². The number of carbonyl (C=O) groups excluding carboxylic acids is 1. The van der Waals surface area contributed by atoms with Gasteiger partial charge in [-0.15, -0.1) is 11.8 Å². The normalized spacial score (nSPS) is 10.7. The van der Waals surface area contributed by atoms with Crippen molar-refractivity contribution in [2.24, 2.45) is 0 Å². The number of thioether (sulfide) groups is 1. The molecule has 3 rings (SSSR count). The molecular weight excluding hydrogens is 366 g/mol. The Kier molecular flexibility index (Phi) is 6.42. The van der Waals surface area contributed by atoms with E-state index >= 15 is 0 Å². The summed E-state index contributed by atoms with van der Waals surface area (Å²) in [5, 5.41) is 5.85. The number of rotatable bonds is 7. The zero-order chi connectivity index (χ0) is 18.4. The van der Waals surface area contributed by atoms with Crippen molar-refractivity contribution in [2.45, 2.75) is 6.92 Å². The van der Waals surface area contributed by atoms with Crippen LogP contribution in [0.4, 0.5) is 5.69 Å². The van der Waals surface area contributed by atoms with Crippen LogP contribution in [0.3, 0.4) is 0 Å². The first kappa shape index (κ1) is 18.6. The molecule has 0 spiro atoms. The predicted octanol–water partition coefficient (Wildman–Crippen LogP) is 5.55. The van der Waals surface area contributed by atoms with Crippen molar-refractivity contribution >= 4 is 45.7 Å². The molecule has 1 amide bonds. The van der Waals surface area contributed by atoms with Gasteiger partial charge in [-0.2, -0.15) is 0 Å². The van der Waals surface area contributed by atoms with Gasteiger partial charge in [0.2, 0.25) is 5.91 Å². The molecule has 0 fully saturated rings. The molecule has 0 unspecified atom stereocenters. The van der Waals surface area contributed by atoms with Gasteiger partial charge < -0.3 is 10.1 Å². The average molecular weight is 386 g/mol. The number of carbonyl (C=O) groups is 1. The Morgan fingerprint density at radius 2 is 1.92 bits per heavy atom. The van der Waals surface area contributed by atoms with E-state index in [1.165, 1.54) is 0 Å². The smallest absolute Gasteiger partial charge is 0.234 e. The van der Waals surface area contributed by atoms with Crippen LogP contribution in [-0.2, 0) is 4.79 Å². The van der Waals surface area contributed by atoms with E-state index in [1.54, 1.807) is 17.8 Å². The third-order valence-electron chi connectivity index (χ3n) is 3.93. The Hall–Kier alpha value is -2.17. The molecule has 3 nitrogen and oxygen atoms in total. The van der Waals surface area contributed by atoms with Crippen LogP contribution in [0.25, 0.3) is 10.8 Å². The third kappa shape index (κ3) is 4.93. The summed E-state index contributed by atoms with van der Waals surface area (Å²) in [6, 6.07) is 19.6. The van der Waals surface area contributed by atoms with Crippen molar-refractivity contribution < 1.29 is 9.53 Å². The summed E-state index contributed by atoms with van der Waals surface area (Å²) in [4.78, 5) is 12.1. The lowest BCUT2D eigenvalue weighted by Gasteiger charge is -2.10. The van der Waals surface area contributed by atoms with E-state index in [0.717, 1.165) is 33.5 Å². The minimum absolute atomic E-state index is 0.0226. The second kappa shape index (κ2) is 8.97. The monoisotopic (exact) mass is 385 g/mol. The molecule has 134 valence electrons. The lowest BCUT2D eigenvalue weighted by atomic mass is 10.1. The molecule has 0 heterocycles. The fourth-order valence-electron chi connectivity index (χ4n) is 2.65. The first-order valence-electron chi connectivity index (χ1n) is 8.38. The molecule has 3 aromatic carbocycles. The third-order valence-corrected chi connectivity index (χ3v) is 5.09.